The summed E-state index contributed by atoms with van der Waals surface area (Å²) in [6, 6.07) is 10.2. The molecule has 1 amide bonds. The number of likely N-dealkylation sites (N-methyl/N-ethyl adjacent to an activating group) is 1. The molecule has 3 aromatic rings. The lowest BCUT2D eigenvalue weighted by atomic mass is 9.93. The van der Waals surface area contributed by atoms with Gasteiger partial charge < -0.3 is 20.3 Å². The first-order valence-electron chi connectivity index (χ1n) is 13.1. The molecule has 8 heteroatoms. The van der Waals surface area contributed by atoms with Crippen LogP contribution in [0.2, 0.25) is 0 Å². The molecule has 0 spiro atoms. The summed E-state index contributed by atoms with van der Waals surface area (Å²) in [6.45, 7) is 5.81. The van der Waals surface area contributed by atoms with E-state index in [4.69, 9.17) is 9.72 Å². The fraction of sp³-hybridized carbons (Fsp3) is 0.414. The molecule has 0 unspecified atom stereocenters. The second-order valence-corrected chi connectivity index (χ2v) is 10.4. The summed E-state index contributed by atoms with van der Waals surface area (Å²) in [4.78, 5) is 23.1. The van der Waals surface area contributed by atoms with Crippen LogP contribution in [0.3, 0.4) is 0 Å². The van der Waals surface area contributed by atoms with Gasteiger partial charge in [-0.3, -0.25) is 4.79 Å². The van der Waals surface area contributed by atoms with E-state index < -0.39 is 0 Å². The second kappa shape index (κ2) is 9.74. The highest BCUT2D eigenvalue weighted by Gasteiger charge is 2.46. The molecular weight excluding hydrogens is 469 g/mol. The lowest BCUT2D eigenvalue weighted by molar-refractivity contribution is -0.116. The van der Waals surface area contributed by atoms with E-state index in [1.165, 1.54) is 29.7 Å². The molecule has 3 atom stereocenters. The quantitative estimate of drug-likeness (QED) is 0.337. The van der Waals surface area contributed by atoms with Crippen LogP contribution < -0.4 is 15.4 Å². The lowest BCUT2D eigenvalue weighted by Gasteiger charge is -2.19. The van der Waals surface area contributed by atoms with E-state index in [0.29, 0.717) is 59.9 Å². The van der Waals surface area contributed by atoms with Gasteiger partial charge in [-0.2, -0.15) is 9.97 Å². The van der Waals surface area contributed by atoms with Crippen molar-refractivity contribution in [3.8, 4) is 17.1 Å². The van der Waals surface area contributed by atoms with Crippen molar-refractivity contribution in [1.82, 2.24) is 20.2 Å². The Labute approximate surface area is 216 Å². The topological polar surface area (TPSA) is 79.4 Å². The van der Waals surface area contributed by atoms with Gasteiger partial charge in [-0.1, -0.05) is 24.8 Å². The molecule has 2 N–H and O–H groups in total. The van der Waals surface area contributed by atoms with Crippen molar-refractivity contribution >= 4 is 22.6 Å². The largest absolute Gasteiger partial charge is 0.462 e. The molecule has 0 radical (unpaired) electrons. The van der Waals surface area contributed by atoms with Crippen molar-refractivity contribution in [2.24, 2.45) is 5.92 Å². The van der Waals surface area contributed by atoms with Crippen molar-refractivity contribution in [1.29, 1.82) is 0 Å². The SMILES string of the molecule is C=CC(=O)NCCNc1nc(OC[C@@H]2CCCN2C)nc2cc(-c3cccc4c3[C@H]3C[C@H]3C4)c(F)cc12. The molecule has 3 aliphatic rings. The standard InChI is InChI=1S/C29H32FN5O2/c1-3-26(36)31-9-10-32-28-23-14-24(30)22(20-8-4-6-17-12-18-13-21(18)27(17)20)15-25(23)33-29(34-28)37-16-19-7-5-11-35(19)2/h3-4,6,8,14-15,18-19,21H,1,5,7,9-13,16H2,2H3,(H,31,36)(H,32,33,34)/t18-,19+,21+/m1/s1. The number of carbonyl (C=O) groups excluding carboxylic acids is 1. The minimum atomic E-state index is -0.294. The average molecular weight is 502 g/mol. The normalized spacial score (nSPS) is 21.9. The molecular formula is C29H32FN5O2. The number of amides is 1. The Morgan fingerprint density at radius 2 is 2.16 bits per heavy atom. The third-order valence-corrected chi connectivity index (χ3v) is 8.00. The summed E-state index contributed by atoms with van der Waals surface area (Å²) >= 11 is 0. The summed E-state index contributed by atoms with van der Waals surface area (Å²) in [5.41, 5.74) is 4.81. The van der Waals surface area contributed by atoms with Gasteiger partial charge in [-0.15, -0.1) is 0 Å². The van der Waals surface area contributed by atoms with E-state index in [1.807, 2.05) is 18.2 Å². The van der Waals surface area contributed by atoms with Crippen LogP contribution in [0.15, 0.2) is 43.0 Å². The van der Waals surface area contributed by atoms with Gasteiger partial charge in [0.1, 0.15) is 18.2 Å². The summed E-state index contributed by atoms with van der Waals surface area (Å²) in [7, 11) is 2.10. The van der Waals surface area contributed by atoms with Crippen molar-refractivity contribution in [2.45, 2.75) is 37.6 Å². The smallest absolute Gasteiger partial charge is 0.318 e. The molecule has 6 rings (SSSR count). The van der Waals surface area contributed by atoms with Crippen molar-refractivity contribution in [3.05, 3.63) is 59.9 Å². The summed E-state index contributed by atoms with van der Waals surface area (Å²) in [5, 5.41) is 6.54. The molecule has 1 aliphatic heterocycles. The first-order valence-corrected chi connectivity index (χ1v) is 13.1. The summed E-state index contributed by atoms with van der Waals surface area (Å²) < 4.78 is 21.7. The predicted molar refractivity (Wildman–Crippen MR) is 142 cm³/mol. The molecule has 2 heterocycles. The number of hydrogen-bond donors (Lipinski definition) is 2. The highest BCUT2D eigenvalue weighted by Crippen LogP contribution is 2.58. The molecule has 2 aromatic carbocycles. The van der Waals surface area contributed by atoms with Gasteiger partial charge in [0.25, 0.3) is 0 Å². The molecule has 7 nitrogen and oxygen atoms in total. The van der Waals surface area contributed by atoms with Crippen LogP contribution in [-0.2, 0) is 11.2 Å². The Balaban J connectivity index is 1.34. The molecule has 1 saturated carbocycles. The Kier molecular flexibility index (Phi) is 6.28. The number of anilines is 1. The number of aromatic nitrogens is 2. The maximum absolute atomic E-state index is 15.6. The lowest BCUT2D eigenvalue weighted by Crippen LogP contribution is -2.31. The van der Waals surface area contributed by atoms with E-state index in [9.17, 15) is 4.79 Å². The van der Waals surface area contributed by atoms with Gasteiger partial charge in [-0.05, 0) is 86.0 Å². The number of halogens is 1. The highest BCUT2D eigenvalue weighted by atomic mass is 19.1. The third-order valence-electron chi connectivity index (χ3n) is 8.00. The first kappa shape index (κ1) is 23.9. The predicted octanol–water partition coefficient (Wildman–Crippen LogP) is 4.28. The minimum Gasteiger partial charge on any atom is -0.462 e. The molecule has 37 heavy (non-hydrogen) atoms. The number of hydrogen-bond acceptors (Lipinski definition) is 6. The summed E-state index contributed by atoms with van der Waals surface area (Å²) in [5.74, 6) is 1.21. The fourth-order valence-electron chi connectivity index (χ4n) is 5.91. The number of nitrogens with one attached hydrogen (secondary N) is 2. The van der Waals surface area contributed by atoms with Crippen molar-refractivity contribution < 1.29 is 13.9 Å². The monoisotopic (exact) mass is 501 g/mol. The maximum atomic E-state index is 15.6. The van der Waals surface area contributed by atoms with Crippen molar-refractivity contribution in [2.75, 3.05) is 38.6 Å². The van der Waals surface area contributed by atoms with E-state index in [-0.39, 0.29) is 17.7 Å². The summed E-state index contributed by atoms with van der Waals surface area (Å²) in [6.07, 6.45) is 5.75. The fourth-order valence-corrected chi connectivity index (χ4v) is 5.91. The zero-order valence-corrected chi connectivity index (χ0v) is 21.1. The van der Waals surface area contributed by atoms with E-state index in [1.54, 1.807) is 0 Å². The molecule has 1 saturated heterocycles. The minimum absolute atomic E-state index is 0.247. The average Bonchev–Trinajstić information content (AvgIpc) is 3.37. The number of ether oxygens (including phenoxy) is 1. The van der Waals surface area contributed by atoms with Crippen LogP contribution in [0, 0.1) is 11.7 Å². The van der Waals surface area contributed by atoms with Gasteiger partial charge in [0, 0.05) is 30.1 Å². The van der Waals surface area contributed by atoms with E-state index >= 15 is 4.39 Å². The number of rotatable bonds is 9. The molecule has 0 bridgehead atoms. The van der Waals surface area contributed by atoms with Gasteiger partial charge in [0.2, 0.25) is 5.91 Å². The van der Waals surface area contributed by atoms with Crippen LogP contribution in [0.25, 0.3) is 22.0 Å². The number of nitrogens with zero attached hydrogens (tertiary/aromatic N) is 3. The number of carbonyl (C=O) groups is 1. The molecule has 2 fully saturated rings. The Morgan fingerprint density at radius 3 is 2.97 bits per heavy atom. The van der Waals surface area contributed by atoms with Gasteiger partial charge >= 0.3 is 6.01 Å². The van der Waals surface area contributed by atoms with Gasteiger partial charge in [-0.25, -0.2) is 4.39 Å². The van der Waals surface area contributed by atoms with Crippen LogP contribution >= 0.6 is 0 Å². The van der Waals surface area contributed by atoms with Gasteiger partial charge in [0.05, 0.1) is 5.52 Å². The van der Waals surface area contributed by atoms with Crippen LogP contribution in [0.5, 0.6) is 6.01 Å². The van der Waals surface area contributed by atoms with E-state index in [0.717, 1.165) is 31.4 Å². The number of likely N-dealkylation sites (tertiary alicyclic amines) is 1. The molecule has 2 aliphatic carbocycles. The van der Waals surface area contributed by atoms with Crippen LogP contribution in [0.1, 0.15) is 36.3 Å². The number of fused-ring (bicyclic) bond motifs is 4. The van der Waals surface area contributed by atoms with Crippen LogP contribution in [-0.4, -0.2) is 60.1 Å². The van der Waals surface area contributed by atoms with Gasteiger partial charge in [0.15, 0.2) is 0 Å². The Morgan fingerprint density at radius 1 is 1.27 bits per heavy atom. The zero-order chi connectivity index (χ0) is 25.5. The second-order valence-electron chi connectivity index (χ2n) is 10.4. The van der Waals surface area contributed by atoms with Crippen molar-refractivity contribution in [3.63, 3.8) is 0 Å². The van der Waals surface area contributed by atoms with Crippen LogP contribution in [0.4, 0.5) is 10.2 Å². The maximum Gasteiger partial charge on any atom is 0.318 e. The molecule has 1 aromatic heterocycles. The first-order chi connectivity index (χ1) is 18.0. The Bertz CT molecular complexity index is 1380. The Hall–Kier alpha value is -3.52. The third kappa shape index (κ3) is 4.66. The molecule has 192 valence electrons. The highest BCUT2D eigenvalue weighted by molar-refractivity contribution is 5.93. The number of benzene rings is 2. The van der Waals surface area contributed by atoms with E-state index in [2.05, 4.69) is 40.2 Å². The zero-order valence-electron chi connectivity index (χ0n) is 21.1.